The molecule has 0 aromatic heterocycles. The third-order valence-electron chi connectivity index (χ3n) is 2.49. The molecular weight excluding hydrogens is 296 g/mol. The number of hydrogen-bond acceptors (Lipinski definition) is 3. The summed E-state index contributed by atoms with van der Waals surface area (Å²) in [5.41, 5.74) is 0.690. The van der Waals surface area contributed by atoms with Crippen molar-refractivity contribution < 1.29 is 14.3 Å². The largest absolute Gasteiger partial charge is 0.466 e. The first-order valence-corrected chi connectivity index (χ1v) is 6.95. The van der Waals surface area contributed by atoms with E-state index in [0.29, 0.717) is 31.4 Å². The van der Waals surface area contributed by atoms with E-state index in [1.165, 1.54) is 0 Å². The molecule has 98 valence electrons. The molecule has 1 aromatic rings. The van der Waals surface area contributed by atoms with Crippen molar-refractivity contribution in [1.29, 1.82) is 0 Å². The van der Waals surface area contributed by atoms with Crippen molar-refractivity contribution in [2.75, 3.05) is 6.61 Å². The van der Waals surface area contributed by atoms with Crippen molar-refractivity contribution in [3.63, 3.8) is 0 Å². The highest BCUT2D eigenvalue weighted by Gasteiger charge is 2.16. The van der Waals surface area contributed by atoms with Gasteiger partial charge in [0.15, 0.2) is 5.78 Å². The quantitative estimate of drug-likeness (QED) is 0.440. The monoisotopic (exact) mass is 312 g/mol. The first-order chi connectivity index (χ1) is 8.65. The third kappa shape index (κ3) is 5.00. The Morgan fingerprint density at radius 3 is 2.56 bits per heavy atom. The zero-order valence-electron chi connectivity index (χ0n) is 10.4. The Balaban J connectivity index is 2.35. The summed E-state index contributed by atoms with van der Waals surface area (Å²) in [5.74, 6) is -0.149. The molecule has 0 saturated carbocycles. The molecule has 1 aromatic carbocycles. The number of rotatable bonds is 7. The lowest BCUT2D eigenvalue weighted by molar-refractivity contribution is -0.143. The number of esters is 1. The molecule has 0 aliphatic carbocycles. The second-order valence-corrected chi connectivity index (χ2v) is 5.00. The van der Waals surface area contributed by atoms with Crippen molar-refractivity contribution in [3.05, 3.63) is 35.9 Å². The average Bonchev–Trinajstić information content (AvgIpc) is 2.39. The van der Waals surface area contributed by atoms with E-state index >= 15 is 0 Å². The second kappa shape index (κ2) is 8.03. The molecule has 0 heterocycles. The smallest absolute Gasteiger partial charge is 0.305 e. The van der Waals surface area contributed by atoms with Gasteiger partial charge in [-0.3, -0.25) is 9.59 Å². The number of benzene rings is 1. The zero-order chi connectivity index (χ0) is 13.4. The van der Waals surface area contributed by atoms with Crippen molar-refractivity contribution >= 4 is 27.7 Å². The van der Waals surface area contributed by atoms with Gasteiger partial charge in [0.2, 0.25) is 0 Å². The van der Waals surface area contributed by atoms with Crippen LogP contribution in [0, 0.1) is 0 Å². The summed E-state index contributed by atoms with van der Waals surface area (Å²) >= 11 is 3.37. The summed E-state index contributed by atoms with van der Waals surface area (Å²) in [5, 5.41) is 0. The van der Waals surface area contributed by atoms with Gasteiger partial charge in [0.05, 0.1) is 11.4 Å². The van der Waals surface area contributed by atoms with Crippen LogP contribution in [0.15, 0.2) is 30.3 Å². The SMILES string of the molecule is CCOC(=O)CCCC(Br)C(=O)c1ccccc1. The maximum atomic E-state index is 12.0. The van der Waals surface area contributed by atoms with Gasteiger partial charge in [0.25, 0.3) is 0 Å². The van der Waals surface area contributed by atoms with Crippen LogP contribution in [0.3, 0.4) is 0 Å². The van der Waals surface area contributed by atoms with Gasteiger partial charge in [-0.25, -0.2) is 0 Å². The van der Waals surface area contributed by atoms with Crippen LogP contribution in [-0.4, -0.2) is 23.2 Å². The molecule has 0 radical (unpaired) electrons. The molecule has 3 nitrogen and oxygen atoms in total. The highest BCUT2D eigenvalue weighted by molar-refractivity contribution is 9.10. The number of carbonyl (C=O) groups is 2. The summed E-state index contributed by atoms with van der Waals surface area (Å²) < 4.78 is 4.83. The van der Waals surface area contributed by atoms with Crippen LogP contribution in [-0.2, 0) is 9.53 Å². The molecule has 1 atom stereocenters. The van der Waals surface area contributed by atoms with Crippen LogP contribution in [0.25, 0.3) is 0 Å². The molecule has 1 rings (SSSR count). The molecule has 0 N–H and O–H groups in total. The number of carbonyl (C=O) groups excluding carboxylic acids is 2. The Hall–Kier alpha value is -1.16. The number of ether oxygens (including phenoxy) is 1. The van der Waals surface area contributed by atoms with E-state index in [1.807, 2.05) is 18.2 Å². The van der Waals surface area contributed by atoms with Gasteiger partial charge in [0, 0.05) is 12.0 Å². The summed E-state index contributed by atoms with van der Waals surface area (Å²) in [6.45, 7) is 2.18. The van der Waals surface area contributed by atoms with Crippen molar-refractivity contribution in [2.24, 2.45) is 0 Å². The fourth-order valence-electron chi connectivity index (χ4n) is 1.57. The average molecular weight is 313 g/mol. The number of alkyl halides is 1. The Labute approximate surface area is 116 Å². The normalized spacial score (nSPS) is 11.9. The van der Waals surface area contributed by atoms with E-state index < -0.39 is 0 Å². The molecule has 0 spiro atoms. The number of ketones is 1. The molecule has 0 bridgehead atoms. The fourth-order valence-corrected chi connectivity index (χ4v) is 2.16. The van der Waals surface area contributed by atoms with E-state index in [2.05, 4.69) is 15.9 Å². The van der Waals surface area contributed by atoms with Crippen LogP contribution >= 0.6 is 15.9 Å². The minimum atomic E-state index is -0.241. The fraction of sp³-hybridized carbons (Fsp3) is 0.429. The lowest BCUT2D eigenvalue weighted by Crippen LogP contribution is -2.15. The van der Waals surface area contributed by atoms with Gasteiger partial charge in [-0.2, -0.15) is 0 Å². The Morgan fingerprint density at radius 2 is 1.94 bits per heavy atom. The molecule has 0 amide bonds. The predicted molar refractivity (Wildman–Crippen MR) is 74.0 cm³/mol. The Morgan fingerprint density at radius 1 is 1.28 bits per heavy atom. The van der Waals surface area contributed by atoms with E-state index in [9.17, 15) is 9.59 Å². The summed E-state index contributed by atoms with van der Waals surface area (Å²) in [7, 11) is 0. The molecule has 4 heteroatoms. The van der Waals surface area contributed by atoms with Crippen LogP contribution in [0.4, 0.5) is 0 Å². The van der Waals surface area contributed by atoms with E-state index in [1.54, 1.807) is 19.1 Å². The number of halogens is 1. The van der Waals surface area contributed by atoms with E-state index in [-0.39, 0.29) is 16.6 Å². The molecule has 0 aliphatic heterocycles. The summed E-state index contributed by atoms with van der Waals surface area (Å²) in [4.78, 5) is 22.9. The minimum Gasteiger partial charge on any atom is -0.466 e. The van der Waals surface area contributed by atoms with Crippen molar-refractivity contribution in [2.45, 2.75) is 31.0 Å². The van der Waals surface area contributed by atoms with Gasteiger partial charge in [-0.05, 0) is 19.8 Å². The standard InChI is InChI=1S/C14H17BrO3/c1-2-18-13(16)10-6-9-12(15)14(17)11-7-4-3-5-8-11/h3-5,7-8,12H,2,6,9-10H2,1H3. The predicted octanol–water partition coefficient (Wildman–Crippen LogP) is 3.37. The van der Waals surface area contributed by atoms with Gasteiger partial charge < -0.3 is 4.74 Å². The topological polar surface area (TPSA) is 43.4 Å². The molecule has 0 aliphatic rings. The summed E-state index contributed by atoms with van der Waals surface area (Å²) in [6, 6.07) is 9.14. The maximum Gasteiger partial charge on any atom is 0.305 e. The molecule has 1 unspecified atom stereocenters. The van der Waals surface area contributed by atoms with E-state index in [0.717, 1.165) is 0 Å². The first kappa shape index (κ1) is 14.9. The Kier molecular flexibility index (Phi) is 6.65. The molecule has 0 fully saturated rings. The highest BCUT2D eigenvalue weighted by atomic mass is 79.9. The van der Waals surface area contributed by atoms with Gasteiger partial charge in [0.1, 0.15) is 0 Å². The summed E-state index contributed by atoms with van der Waals surface area (Å²) in [6.07, 6.45) is 1.64. The van der Waals surface area contributed by atoms with Crippen molar-refractivity contribution in [1.82, 2.24) is 0 Å². The second-order valence-electron chi connectivity index (χ2n) is 3.90. The minimum absolute atomic E-state index is 0.0551. The van der Waals surface area contributed by atoms with Crippen LogP contribution in [0.1, 0.15) is 36.5 Å². The van der Waals surface area contributed by atoms with Crippen molar-refractivity contribution in [3.8, 4) is 0 Å². The zero-order valence-corrected chi connectivity index (χ0v) is 12.0. The van der Waals surface area contributed by atoms with Crippen LogP contribution in [0.2, 0.25) is 0 Å². The highest BCUT2D eigenvalue weighted by Crippen LogP contribution is 2.16. The molecular formula is C14H17BrO3. The van der Waals surface area contributed by atoms with Crippen LogP contribution in [0.5, 0.6) is 0 Å². The molecule has 0 saturated heterocycles. The maximum absolute atomic E-state index is 12.0. The first-order valence-electron chi connectivity index (χ1n) is 6.04. The third-order valence-corrected chi connectivity index (χ3v) is 3.36. The molecule has 18 heavy (non-hydrogen) atoms. The lowest BCUT2D eigenvalue weighted by Gasteiger charge is -2.08. The van der Waals surface area contributed by atoms with Gasteiger partial charge >= 0.3 is 5.97 Å². The lowest BCUT2D eigenvalue weighted by atomic mass is 10.0. The number of Topliss-reactive ketones (excluding diaryl/α,β-unsaturated/α-hetero) is 1. The number of hydrogen-bond donors (Lipinski definition) is 0. The van der Waals surface area contributed by atoms with E-state index in [4.69, 9.17) is 4.74 Å². The van der Waals surface area contributed by atoms with Gasteiger partial charge in [-0.15, -0.1) is 0 Å². The Bertz CT molecular complexity index is 389. The van der Waals surface area contributed by atoms with Gasteiger partial charge in [-0.1, -0.05) is 46.3 Å². The van der Waals surface area contributed by atoms with Crippen LogP contribution < -0.4 is 0 Å².